The first kappa shape index (κ1) is 11.6. The summed E-state index contributed by atoms with van der Waals surface area (Å²) in [5, 5.41) is 12.2. The highest BCUT2D eigenvalue weighted by Crippen LogP contribution is 2.03. The summed E-state index contributed by atoms with van der Waals surface area (Å²) in [5.74, 6) is 0.0514. The normalized spacial score (nSPS) is 16.2. The third kappa shape index (κ3) is 3.32. The molecular formula is C9H19NO2. The zero-order valence-corrected chi connectivity index (χ0v) is 8.29. The Balaban J connectivity index is 4.19. The Morgan fingerprint density at radius 2 is 1.92 bits per heavy atom. The molecule has 0 saturated heterocycles. The van der Waals surface area contributed by atoms with Crippen LogP contribution in [0.15, 0.2) is 0 Å². The molecule has 3 nitrogen and oxygen atoms in total. The molecule has 0 bridgehead atoms. The van der Waals surface area contributed by atoms with E-state index in [2.05, 4.69) is 5.32 Å². The van der Waals surface area contributed by atoms with Crippen LogP contribution in [0.5, 0.6) is 0 Å². The highest BCUT2D eigenvalue weighted by Gasteiger charge is 2.24. The minimum Gasteiger partial charge on any atom is -0.391 e. The minimum absolute atomic E-state index is 0.0244. The number of hydrogen-bond acceptors (Lipinski definition) is 3. The van der Waals surface area contributed by atoms with Crippen molar-refractivity contribution in [3.8, 4) is 0 Å². The van der Waals surface area contributed by atoms with Gasteiger partial charge in [0.05, 0.1) is 12.1 Å². The fraction of sp³-hybridized carbons (Fsp3) is 0.889. The molecule has 0 spiro atoms. The van der Waals surface area contributed by atoms with Crippen LogP contribution in [0.25, 0.3) is 0 Å². The number of rotatable bonds is 5. The molecule has 0 amide bonds. The van der Waals surface area contributed by atoms with Crippen LogP contribution in [0.2, 0.25) is 0 Å². The van der Waals surface area contributed by atoms with E-state index in [0.29, 0.717) is 6.54 Å². The Hall–Kier alpha value is -0.410. The lowest BCUT2D eigenvalue weighted by Crippen LogP contribution is -2.46. The van der Waals surface area contributed by atoms with Gasteiger partial charge in [0.2, 0.25) is 0 Å². The van der Waals surface area contributed by atoms with Crippen molar-refractivity contribution in [2.45, 2.75) is 39.8 Å². The molecular weight excluding hydrogens is 154 g/mol. The van der Waals surface area contributed by atoms with Crippen LogP contribution in [-0.4, -0.2) is 29.6 Å². The van der Waals surface area contributed by atoms with Gasteiger partial charge in [-0.15, -0.1) is 0 Å². The van der Waals surface area contributed by atoms with Crippen molar-refractivity contribution >= 4 is 5.78 Å². The first-order valence-corrected chi connectivity index (χ1v) is 4.45. The van der Waals surface area contributed by atoms with Crippen LogP contribution in [0.4, 0.5) is 0 Å². The van der Waals surface area contributed by atoms with E-state index in [-0.39, 0.29) is 11.7 Å². The Morgan fingerprint density at radius 1 is 1.42 bits per heavy atom. The first-order valence-electron chi connectivity index (χ1n) is 4.45. The van der Waals surface area contributed by atoms with Crippen molar-refractivity contribution in [1.29, 1.82) is 0 Å². The molecule has 0 rings (SSSR count). The molecule has 0 aliphatic heterocycles. The molecule has 0 aliphatic carbocycles. The summed E-state index contributed by atoms with van der Waals surface area (Å²) in [6.07, 6.45) is -0.611. The maximum Gasteiger partial charge on any atom is 0.154 e. The van der Waals surface area contributed by atoms with Crippen molar-refractivity contribution in [2.24, 2.45) is 5.92 Å². The van der Waals surface area contributed by atoms with Gasteiger partial charge in [-0.25, -0.2) is 0 Å². The topological polar surface area (TPSA) is 49.3 Å². The summed E-state index contributed by atoms with van der Waals surface area (Å²) in [4.78, 5) is 11.5. The second-order valence-corrected chi connectivity index (χ2v) is 3.33. The smallest absolute Gasteiger partial charge is 0.154 e. The lowest BCUT2D eigenvalue weighted by molar-refractivity contribution is -0.126. The molecule has 0 unspecified atom stereocenters. The number of hydrogen-bond donors (Lipinski definition) is 2. The molecule has 0 saturated carbocycles. The van der Waals surface area contributed by atoms with Crippen LogP contribution in [0.1, 0.15) is 27.7 Å². The van der Waals surface area contributed by atoms with Crippen molar-refractivity contribution in [3.63, 3.8) is 0 Å². The molecule has 12 heavy (non-hydrogen) atoms. The third-order valence-electron chi connectivity index (χ3n) is 1.78. The number of Topliss-reactive ketones (excluding diaryl/α,β-unsaturated/α-hetero) is 1. The highest BCUT2D eigenvalue weighted by molar-refractivity contribution is 5.86. The van der Waals surface area contributed by atoms with E-state index in [1.165, 1.54) is 0 Å². The monoisotopic (exact) mass is 173 g/mol. The average Bonchev–Trinajstić information content (AvgIpc) is 1.98. The van der Waals surface area contributed by atoms with Gasteiger partial charge in [-0.1, -0.05) is 20.8 Å². The summed E-state index contributed by atoms with van der Waals surface area (Å²) >= 11 is 0. The molecule has 0 fully saturated rings. The molecule has 0 aromatic heterocycles. The van der Waals surface area contributed by atoms with E-state index in [4.69, 9.17) is 0 Å². The number of aliphatic hydroxyl groups is 1. The van der Waals surface area contributed by atoms with Gasteiger partial charge in [-0.2, -0.15) is 0 Å². The van der Waals surface area contributed by atoms with Gasteiger partial charge < -0.3 is 10.4 Å². The molecule has 3 heteroatoms. The number of carbonyl (C=O) groups excluding carboxylic acids is 1. The standard InChI is InChI=1S/C9H19NO2/c1-5-10-8(7(4)11)9(12)6(2)3/h6-8,10-11H,5H2,1-4H3/t7-,8-/m0/s1. The summed E-state index contributed by atoms with van der Waals surface area (Å²) < 4.78 is 0. The van der Waals surface area contributed by atoms with Crippen LogP contribution >= 0.6 is 0 Å². The Labute approximate surface area is 74.2 Å². The van der Waals surface area contributed by atoms with Crippen LogP contribution in [0, 0.1) is 5.92 Å². The predicted molar refractivity (Wildman–Crippen MR) is 49.0 cm³/mol. The van der Waals surface area contributed by atoms with Crippen LogP contribution in [0.3, 0.4) is 0 Å². The third-order valence-corrected chi connectivity index (χ3v) is 1.78. The zero-order valence-electron chi connectivity index (χ0n) is 8.29. The van der Waals surface area contributed by atoms with E-state index in [1.807, 2.05) is 20.8 Å². The lowest BCUT2D eigenvalue weighted by Gasteiger charge is -2.21. The molecule has 0 aliphatic rings. The Bertz CT molecular complexity index is 143. The van der Waals surface area contributed by atoms with E-state index < -0.39 is 12.1 Å². The van der Waals surface area contributed by atoms with Crippen LogP contribution in [-0.2, 0) is 4.79 Å². The predicted octanol–water partition coefficient (Wildman–Crippen LogP) is 0.570. The van der Waals surface area contributed by atoms with Gasteiger partial charge in [0, 0.05) is 5.92 Å². The fourth-order valence-electron chi connectivity index (χ4n) is 1.09. The number of likely N-dealkylation sites (N-methyl/N-ethyl adjacent to an activating group) is 1. The average molecular weight is 173 g/mol. The van der Waals surface area contributed by atoms with Crippen LogP contribution < -0.4 is 5.32 Å². The molecule has 0 aromatic rings. The fourth-order valence-corrected chi connectivity index (χ4v) is 1.09. The van der Waals surface area contributed by atoms with Crippen molar-refractivity contribution in [1.82, 2.24) is 5.32 Å². The quantitative estimate of drug-likeness (QED) is 0.639. The first-order chi connectivity index (χ1) is 5.50. The number of aliphatic hydroxyl groups excluding tert-OH is 1. The number of ketones is 1. The molecule has 0 aromatic carbocycles. The van der Waals surface area contributed by atoms with Gasteiger partial charge in [0.1, 0.15) is 0 Å². The molecule has 2 N–H and O–H groups in total. The Morgan fingerprint density at radius 3 is 2.17 bits per heavy atom. The second kappa shape index (κ2) is 5.27. The molecule has 0 heterocycles. The van der Waals surface area contributed by atoms with Gasteiger partial charge in [0.15, 0.2) is 5.78 Å². The van der Waals surface area contributed by atoms with Gasteiger partial charge >= 0.3 is 0 Å². The van der Waals surface area contributed by atoms with E-state index in [9.17, 15) is 9.90 Å². The van der Waals surface area contributed by atoms with Crippen molar-refractivity contribution < 1.29 is 9.90 Å². The molecule has 0 radical (unpaired) electrons. The maximum absolute atomic E-state index is 11.5. The summed E-state index contributed by atoms with van der Waals surface area (Å²) in [7, 11) is 0. The summed E-state index contributed by atoms with van der Waals surface area (Å²) in [6.45, 7) is 7.94. The maximum atomic E-state index is 11.5. The SMILES string of the molecule is CCN[C@H](C(=O)C(C)C)[C@H](C)O. The van der Waals surface area contributed by atoms with E-state index >= 15 is 0 Å². The summed E-state index contributed by atoms with van der Waals surface area (Å²) in [5.41, 5.74) is 0. The van der Waals surface area contributed by atoms with Crippen molar-refractivity contribution in [3.05, 3.63) is 0 Å². The van der Waals surface area contributed by atoms with E-state index in [1.54, 1.807) is 6.92 Å². The lowest BCUT2D eigenvalue weighted by atomic mass is 9.98. The van der Waals surface area contributed by atoms with Gasteiger partial charge in [-0.3, -0.25) is 4.79 Å². The Kier molecular flexibility index (Phi) is 5.09. The second-order valence-electron chi connectivity index (χ2n) is 3.33. The number of carbonyl (C=O) groups is 1. The molecule has 2 atom stereocenters. The minimum atomic E-state index is -0.611. The highest BCUT2D eigenvalue weighted by atomic mass is 16.3. The van der Waals surface area contributed by atoms with Gasteiger partial charge in [-0.05, 0) is 13.5 Å². The zero-order chi connectivity index (χ0) is 9.72. The number of nitrogens with one attached hydrogen (secondary N) is 1. The van der Waals surface area contributed by atoms with E-state index in [0.717, 1.165) is 0 Å². The molecule has 72 valence electrons. The van der Waals surface area contributed by atoms with Crippen molar-refractivity contribution in [2.75, 3.05) is 6.54 Å². The summed E-state index contributed by atoms with van der Waals surface area (Å²) in [6, 6.07) is -0.407. The largest absolute Gasteiger partial charge is 0.391 e. The van der Waals surface area contributed by atoms with Gasteiger partial charge in [0.25, 0.3) is 0 Å².